The van der Waals surface area contributed by atoms with E-state index < -0.39 is 12.0 Å². The summed E-state index contributed by atoms with van der Waals surface area (Å²) in [6, 6.07) is 5.25. The minimum Gasteiger partial charge on any atom is -0.493 e. The van der Waals surface area contributed by atoms with E-state index in [2.05, 4.69) is 16.8 Å². The molecule has 0 spiro atoms. The number of aromatic nitrogens is 1. The zero-order valence-corrected chi connectivity index (χ0v) is 12.7. The summed E-state index contributed by atoms with van der Waals surface area (Å²) in [6.07, 6.45) is -0.321. The number of nitrogens with zero attached hydrogens (tertiary/aromatic N) is 1. The van der Waals surface area contributed by atoms with Crippen LogP contribution in [-0.2, 0) is 11.2 Å². The fraction of sp³-hybridized carbons (Fsp3) is 0.188. The number of aliphatic hydroxyl groups is 1. The molecular weight excluding hydrogens is 316 g/mol. The van der Waals surface area contributed by atoms with E-state index in [1.807, 2.05) is 0 Å². The third-order valence-electron chi connectivity index (χ3n) is 3.22. The highest BCUT2D eigenvalue weighted by molar-refractivity contribution is 7.14. The van der Waals surface area contributed by atoms with E-state index in [-0.39, 0.29) is 5.01 Å². The molecule has 6 nitrogen and oxygen atoms in total. The number of carbonyl (C=O) groups excluding carboxylic acids is 2. The van der Waals surface area contributed by atoms with Crippen LogP contribution in [0.3, 0.4) is 0 Å². The topological polar surface area (TPSA) is 103 Å². The minimum atomic E-state index is -1.32. The van der Waals surface area contributed by atoms with Gasteiger partial charge in [0.05, 0.1) is 12.3 Å². The van der Waals surface area contributed by atoms with Crippen molar-refractivity contribution in [1.82, 2.24) is 4.98 Å². The Hall–Kier alpha value is -2.69. The quantitative estimate of drug-likeness (QED) is 0.626. The third kappa shape index (κ3) is 3.08. The Kier molecular flexibility index (Phi) is 4.10. The smallest absolute Gasteiger partial charge is 0.277 e. The number of hydrogen-bond donors (Lipinski definition) is 2. The van der Waals surface area contributed by atoms with Gasteiger partial charge in [-0.1, -0.05) is 11.8 Å². The first-order valence-corrected chi connectivity index (χ1v) is 7.62. The van der Waals surface area contributed by atoms with Gasteiger partial charge in [-0.15, -0.1) is 11.3 Å². The molecule has 0 saturated heterocycles. The molecule has 3 N–H and O–H groups in total. The van der Waals surface area contributed by atoms with Crippen molar-refractivity contribution in [1.29, 1.82) is 0 Å². The molecule has 1 aliphatic rings. The van der Waals surface area contributed by atoms with Gasteiger partial charge in [0, 0.05) is 22.4 Å². The largest absolute Gasteiger partial charge is 0.493 e. The molecule has 0 bridgehead atoms. The average molecular weight is 328 g/mol. The van der Waals surface area contributed by atoms with Gasteiger partial charge in [-0.3, -0.25) is 9.59 Å². The molecule has 1 amide bonds. The van der Waals surface area contributed by atoms with Crippen LogP contribution in [0.15, 0.2) is 18.2 Å². The number of carbonyl (C=O) groups is 2. The maximum absolute atomic E-state index is 11.3. The lowest BCUT2D eigenvalue weighted by atomic mass is 10.1. The second-order valence-electron chi connectivity index (χ2n) is 4.81. The van der Waals surface area contributed by atoms with E-state index in [1.165, 1.54) is 11.3 Å². The van der Waals surface area contributed by atoms with Gasteiger partial charge in [-0.25, -0.2) is 4.98 Å². The second kappa shape index (κ2) is 6.20. The van der Waals surface area contributed by atoms with Crippen molar-refractivity contribution < 1.29 is 19.4 Å². The minimum absolute atomic E-state index is 0.260. The summed E-state index contributed by atoms with van der Waals surface area (Å²) in [5.74, 6) is 5.23. The van der Waals surface area contributed by atoms with Crippen LogP contribution >= 0.6 is 11.3 Å². The summed E-state index contributed by atoms with van der Waals surface area (Å²) < 4.78 is 5.69. The van der Waals surface area contributed by atoms with Crippen molar-refractivity contribution in [2.75, 3.05) is 6.61 Å². The van der Waals surface area contributed by atoms with E-state index in [0.717, 1.165) is 4.88 Å². The number of hydrogen-bond acceptors (Lipinski definition) is 6. The van der Waals surface area contributed by atoms with Crippen LogP contribution in [-0.4, -0.2) is 35.0 Å². The van der Waals surface area contributed by atoms with Gasteiger partial charge < -0.3 is 15.6 Å². The molecular formula is C16H12N2O4S. The van der Waals surface area contributed by atoms with Crippen LogP contribution in [0.1, 0.15) is 20.2 Å². The molecule has 0 aliphatic carbocycles. The van der Waals surface area contributed by atoms with Gasteiger partial charge in [-0.05, 0) is 18.2 Å². The Morgan fingerprint density at radius 1 is 1.52 bits per heavy atom. The van der Waals surface area contributed by atoms with E-state index >= 15 is 0 Å². The summed E-state index contributed by atoms with van der Waals surface area (Å²) >= 11 is 1.26. The van der Waals surface area contributed by atoms with Gasteiger partial charge in [-0.2, -0.15) is 0 Å². The summed E-state index contributed by atoms with van der Waals surface area (Å²) in [4.78, 5) is 27.0. The molecule has 1 unspecified atom stereocenters. The number of nitrogens with two attached hydrogens (primary N) is 1. The molecule has 0 saturated carbocycles. The highest BCUT2D eigenvalue weighted by Gasteiger charge is 2.22. The second-order valence-corrected chi connectivity index (χ2v) is 5.90. The first kappa shape index (κ1) is 15.2. The molecule has 1 aromatic heterocycles. The average Bonchev–Trinajstić information content (AvgIpc) is 2.90. The molecule has 3 rings (SSSR count). The lowest BCUT2D eigenvalue weighted by molar-refractivity contribution is -0.112. The van der Waals surface area contributed by atoms with Crippen LogP contribution in [0, 0.1) is 11.8 Å². The number of thiazole rings is 1. The zero-order chi connectivity index (χ0) is 16.4. The fourth-order valence-electron chi connectivity index (χ4n) is 2.20. The van der Waals surface area contributed by atoms with Gasteiger partial charge in [0.15, 0.2) is 17.4 Å². The first-order chi connectivity index (χ1) is 11.1. The zero-order valence-electron chi connectivity index (χ0n) is 11.9. The molecule has 0 fully saturated rings. The highest BCUT2D eigenvalue weighted by Crippen LogP contribution is 2.37. The van der Waals surface area contributed by atoms with Crippen molar-refractivity contribution in [2.45, 2.75) is 12.5 Å². The van der Waals surface area contributed by atoms with Crippen molar-refractivity contribution >= 4 is 23.5 Å². The number of aldehydes is 1. The molecule has 23 heavy (non-hydrogen) atoms. The Bertz CT molecular complexity index is 847. The van der Waals surface area contributed by atoms with Crippen molar-refractivity contribution in [2.24, 2.45) is 5.73 Å². The highest BCUT2D eigenvalue weighted by atomic mass is 32.1. The normalized spacial score (nSPS) is 13.4. The predicted molar refractivity (Wildman–Crippen MR) is 84.2 cm³/mol. The van der Waals surface area contributed by atoms with Crippen molar-refractivity contribution in [3.8, 4) is 28.8 Å². The number of amides is 1. The summed E-state index contributed by atoms with van der Waals surface area (Å²) in [5.41, 5.74) is 7.29. The van der Waals surface area contributed by atoms with Gasteiger partial charge in [0.2, 0.25) is 0 Å². The number of aliphatic hydroxyl groups excluding tert-OH is 1. The van der Waals surface area contributed by atoms with Crippen LogP contribution in [0.2, 0.25) is 0 Å². The number of primary amides is 1. The van der Waals surface area contributed by atoms with Crippen molar-refractivity contribution in [3.05, 3.63) is 33.6 Å². The van der Waals surface area contributed by atoms with E-state index in [0.29, 0.717) is 41.9 Å². The lowest BCUT2D eigenvalue weighted by Crippen LogP contribution is -2.10. The number of rotatable bonds is 2. The van der Waals surface area contributed by atoms with E-state index in [1.54, 1.807) is 18.2 Å². The van der Waals surface area contributed by atoms with Crippen LogP contribution < -0.4 is 10.5 Å². The van der Waals surface area contributed by atoms with Crippen molar-refractivity contribution in [3.63, 3.8) is 0 Å². The molecule has 0 radical (unpaired) electrons. The molecule has 1 aliphatic heterocycles. The maximum atomic E-state index is 11.3. The van der Waals surface area contributed by atoms with E-state index in [4.69, 9.17) is 10.5 Å². The Morgan fingerprint density at radius 3 is 3.09 bits per heavy atom. The Labute approximate surface area is 135 Å². The number of benzene rings is 1. The summed E-state index contributed by atoms with van der Waals surface area (Å²) in [7, 11) is 0. The van der Waals surface area contributed by atoms with Gasteiger partial charge >= 0.3 is 0 Å². The monoisotopic (exact) mass is 328 g/mol. The molecule has 7 heteroatoms. The Morgan fingerprint density at radius 2 is 2.35 bits per heavy atom. The lowest BCUT2D eigenvalue weighted by Gasteiger charge is -2.07. The van der Waals surface area contributed by atoms with Crippen LogP contribution in [0.5, 0.6) is 5.75 Å². The molecule has 2 heterocycles. The molecule has 1 atom stereocenters. The standard InChI is InChI=1S/C16H12N2O4S/c17-15(21)16-18-14-11-7-9(1-3-10(20)8-19)2-4-12(11)22-6-5-13(14)23-16/h2,4,7-8,10,20H,5-6H2,(H2,17,21). The van der Waals surface area contributed by atoms with Crippen LogP contribution in [0.4, 0.5) is 0 Å². The molecule has 116 valence electrons. The predicted octanol–water partition coefficient (Wildman–Crippen LogP) is 0.755. The number of ether oxygens (including phenoxy) is 1. The first-order valence-electron chi connectivity index (χ1n) is 6.80. The Balaban J connectivity index is 2.08. The fourth-order valence-corrected chi connectivity index (χ4v) is 3.11. The molecule has 1 aromatic carbocycles. The maximum Gasteiger partial charge on any atom is 0.277 e. The van der Waals surface area contributed by atoms with Crippen LogP contribution in [0.25, 0.3) is 11.3 Å². The summed E-state index contributed by atoms with van der Waals surface area (Å²) in [6.45, 7) is 0.481. The third-order valence-corrected chi connectivity index (χ3v) is 4.35. The molecule has 2 aromatic rings. The van der Waals surface area contributed by atoms with Gasteiger partial charge in [0.1, 0.15) is 5.75 Å². The summed E-state index contributed by atoms with van der Waals surface area (Å²) in [5, 5.41) is 9.46. The van der Waals surface area contributed by atoms with Gasteiger partial charge in [0.25, 0.3) is 5.91 Å². The van der Waals surface area contributed by atoms with E-state index in [9.17, 15) is 14.7 Å². The number of fused-ring (bicyclic) bond motifs is 3. The SMILES string of the molecule is NC(=O)c1nc2c(s1)CCOc1ccc(C#CC(O)C=O)cc1-2.